The van der Waals surface area contributed by atoms with Crippen LogP contribution in [0.5, 0.6) is 0 Å². The molecule has 69 valence electrons. The van der Waals surface area contributed by atoms with Crippen molar-refractivity contribution in [3.05, 3.63) is 9.52 Å². The molecule has 1 rings (SSSR count). The Hall–Kier alpha value is 3.50. The van der Waals surface area contributed by atoms with Gasteiger partial charge in [-0.1, -0.05) is 34.8 Å². The standard InChI is InChI=1S/C3Cl5NS.Ir.K.H/c4-1-2(5)10(7,8)3(6)9-1;;;. The maximum absolute atomic E-state index is 5.68. The molecule has 0 fully saturated rings. The molecule has 1 nitrogen and oxygen atoms in total. The summed E-state index contributed by atoms with van der Waals surface area (Å²) < 4.78 is 0.188. The molecule has 1 aliphatic heterocycles. The molecule has 0 aromatic carbocycles. The number of aliphatic imine (C=N–C) groups is 1. The van der Waals surface area contributed by atoms with E-state index in [1.807, 2.05) is 0 Å². The Morgan fingerprint density at radius 3 is 1.58 bits per heavy atom. The fourth-order valence-electron chi connectivity index (χ4n) is 0.358. The third kappa shape index (κ3) is 3.82. The Morgan fingerprint density at radius 1 is 1.08 bits per heavy atom. The Labute approximate surface area is 152 Å². The first-order valence-electron chi connectivity index (χ1n) is 1.98. The van der Waals surface area contributed by atoms with Crippen molar-refractivity contribution in [1.82, 2.24) is 0 Å². The van der Waals surface area contributed by atoms with Gasteiger partial charge < -0.3 is 0 Å². The van der Waals surface area contributed by atoms with Crippen LogP contribution in [-0.4, -0.2) is 55.9 Å². The molecule has 0 saturated heterocycles. The summed E-state index contributed by atoms with van der Waals surface area (Å²) in [5.41, 5.74) is 0. The average Bonchev–Trinajstić information content (AvgIpc) is 1.97. The molecule has 0 aromatic heterocycles. The van der Waals surface area contributed by atoms with E-state index in [2.05, 4.69) is 4.99 Å². The van der Waals surface area contributed by atoms with Crippen molar-refractivity contribution in [2.75, 3.05) is 0 Å². The van der Waals surface area contributed by atoms with Gasteiger partial charge in [0.05, 0.1) is 0 Å². The van der Waals surface area contributed by atoms with Gasteiger partial charge in [-0.15, -0.1) is 0 Å². The number of hydrogen-bond acceptors (Lipinski definition) is 1. The van der Waals surface area contributed by atoms with E-state index in [4.69, 9.17) is 56.2 Å². The predicted octanol–water partition coefficient (Wildman–Crippen LogP) is 3.66. The van der Waals surface area contributed by atoms with Crippen LogP contribution in [0.15, 0.2) is 14.5 Å². The van der Waals surface area contributed by atoms with Crippen molar-refractivity contribution < 1.29 is 20.1 Å². The molecule has 0 saturated carbocycles. The van der Waals surface area contributed by atoms with Gasteiger partial charge in [0.1, 0.15) is 4.36 Å². The number of halogens is 5. The quantitative estimate of drug-likeness (QED) is 0.362. The van der Waals surface area contributed by atoms with Gasteiger partial charge in [0, 0.05) is 28.6 Å². The van der Waals surface area contributed by atoms with E-state index in [1.54, 1.807) is 0 Å². The third-order valence-corrected chi connectivity index (χ3v) is 6.83. The Bertz CT molecular complexity index is 241. The summed E-state index contributed by atoms with van der Waals surface area (Å²) >= 11 is 16.5. The minimum atomic E-state index is -2.28. The van der Waals surface area contributed by atoms with Crippen LogP contribution in [-0.2, 0) is 20.1 Å². The summed E-state index contributed by atoms with van der Waals surface area (Å²) in [5.74, 6) is 0. The molecule has 9 heteroatoms. The molecule has 0 bridgehead atoms. The van der Waals surface area contributed by atoms with E-state index in [0.717, 1.165) is 0 Å². The first-order valence-corrected chi connectivity index (χ1v) is 6.40. The van der Waals surface area contributed by atoms with Crippen molar-refractivity contribution in [2.45, 2.75) is 0 Å². The second kappa shape index (κ2) is 6.95. The Morgan fingerprint density at radius 2 is 1.50 bits per heavy atom. The van der Waals surface area contributed by atoms with Crippen molar-refractivity contribution in [3.63, 3.8) is 0 Å². The van der Waals surface area contributed by atoms with Gasteiger partial charge in [0.15, 0.2) is 9.66 Å². The molecule has 0 atom stereocenters. The molecule has 0 aliphatic carbocycles. The Balaban J connectivity index is 0. The predicted molar refractivity (Wildman–Crippen MR) is 58.5 cm³/mol. The molecule has 0 spiro atoms. The van der Waals surface area contributed by atoms with E-state index in [9.17, 15) is 0 Å². The third-order valence-electron chi connectivity index (χ3n) is 0.785. The summed E-state index contributed by atoms with van der Waals surface area (Å²) in [5, 5.41) is 0.0756. The van der Waals surface area contributed by atoms with Crippen LogP contribution in [0.4, 0.5) is 0 Å². The molecular weight excluding hydrogens is 491 g/mol. The van der Waals surface area contributed by atoms with Crippen LogP contribution in [0.1, 0.15) is 0 Å². The zero-order chi connectivity index (χ0) is 7.94. The summed E-state index contributed by atoms with van der Waals surface area (Å²) in [6, 6.07) is 0. The second-order valence-electron chi connectivity index (χ2n) is 1.40. The van der Waals surface area contributed by atoms with Crippen LogP contribution >= 0.6 is 64.6 Å². The van der Waals surface area contributed by atoms with Crippen molar-refractivity contribution >= 4 is 121 Å². The van der Waals surface area contributed by atoms with Crippen molar-refractivity contribution in [1.29, 1.82) is 0 Å². The van der Waals surface area contributed by atoms with Crippen LogP contribution in [0.3, 0.4) is 0 Å². The van der Waals surface area contributed by atoms with Gasteiger partial charge in [-0.3, -0.25) is 0 Å². The first-order chi connectivity index (χ1) is 4.46. The fraction of sp³-hybridized carbons (Fsp3) is 0. The van der Waals surface area contributed by atoms with E-state index in [0.29, 0.717) is 0 Å². The SMILES string of the molecule is ClC1=NC(Cl)=C(Cl)S1(Cl)Cl.[Ir].[KH]. The zero-order valence-electron chi connectivity index (χ0n) is 4.58. The number of hydrogen-bond donors (Lipinski definition) is 0. The molecule has 0 unspecified atom stereocenters. The van der Waals surface area contributed by atoms with Crippen LogP contribution < -0.4 is 0 Å². The van der Waals surface area contributed by atoms with Crippen molar-refractivity contribution in [2.24, 2.45) is 4.99 Å². The maximum atomic E-state index is 5.68. The van der Waals surface area contributed by atoms with E-state index < -0.39 is 8.46 Å². The fourth-order valence-corrected chi connectivity index (χ4v) is 3.07. The van der Waals surface area contributed by atoms with Gasteiger partial charge in [0.25, 0.3) is 0 Å². The normalized spacial score (nSPS) is 22.2. The average molecular weight is 492 g/mol. The van der Waals surface area contributed by atoms with E-state index in [-0.39, 0.29) is 85.5 Å². The number of rotatable bonds is 0. The van der Waals surface area contributed by atoms with Crippen LogP contribution in [0.25, 0.3) is 0 Å². The molecule has 0 N–H and O–H groups in total. The monoisotopic (exact) mass is 490 g/mol. The second-order valence-corrected chi connectivity index (χ2v) is 7.92. The first kappa shape index (κ1) is 17.9. The molecule has 0 amide bonds. The molecule has 12 heavy (non-hydrogen) atoms. The topological polar surface area (TPSA) is 12.4 Å². The van der Waals surface area contributed by atoms with E-state index >= 15 is 0 Å². The van der Waals surface area contributed by atoms with Gasteiger partial charge in [-0.25, -0.2) is 4.99 Å². The summed E-state index contributed by atoms with van der Waals surface area (Å²) in [6.45, 7) is 0. The van der Waals surface area contributed by atoms with Crippen molar-refractivity contribution in [3.8, 4) is 0 Å². The zero-order valence-corrected chi connectivity index (χ0v) is 11.6. The summed E-state index contributed by atoms with van der Waals surface area (Å²) in [6.07, 6.45) is 0. The van der Waals surface area contributed by atoms with Gasteiger partial charge in [-0.2, -0.15) is 0 Å². The molecular formula is C3HCl5IrKNS. The Kier molecular flexibility index (Phi) is 10.3. The molecule has 0 aromatic rings. The van der Waals surface area contributed by atoms with Crippen LogP contribution in [0, 0.1) is 0 Å². The molecule has 1 aliphatic rings. The molecule has 1 heterocycles. The summed E-state index contributed by atoms with van der Waals surface area (Å²) in [7, 11) is 9.07. The minimum absolute atomic E-state index is 0. The van der Waals surface area contributed by atoms with E-state index in [1.165, 1.54) is 0 Å². The molecule has 1 radical (unpaired) electrons. The van der Waals surface area contributed by atoms with Gasteiger partial charge >= 0.3 is 51.4 Å². The van der Waals surface area contributed by atoms with Gasteiger partial charge in [0.2, 0.25) is 0 Å². The summed E-state index contributed by atoms with van der Waals surface area (Å²) in [4.78, 5) is 3.59. The van der Waals surface area contributed by atoms with Gasteiger partial charge in [-0.05, 0) is 21.4 Å². The number of nitrogens with zero attached hydrogens (tertiary/aromatic N) is 1. The van der Waals surface area contributed by atoms with Crippen LogP contribution in [0.2, 0.25) is 0 Å².